The van der Waals surface area contributed by atoms with Crippen LogP contribution in [-0.4, -0.2) is 44.5 Å². The SMILES string of the molecule is CCNC(COCCOC)Cc1nc(C)cs1. The second-order valence-corrected chi connectivity index (χ2v) is 4.85. The molecule has 4 nitrogen and oxygen atoms in total. The molecule has 5 heteroatoms. The van der Waals surface area contributed by atoms with E-state index in [1.807, 2.05) is 6.92 Å². The lowest BCUT2D eigenvalue weighted by Crippen LogP contribution is -2.35. The zero-order chi connectivity index (χ0) is 12.5. The summed E-state index contributed by atoms with van der Waals surface area (Å²) >= 11 is 1.72. The van der Waals surface area contributed by atoms with Crippen molar-refractivity contribution in [3.8, 4) is 0 Å². The van der Waals surface area contributed by atoms with Crippen LogP contribution in [0.3, 0.4) is 0 Å². The van der Waals surface area contributed by atoms with Gasteiger partial charge in [-0.05, 0) is 13.5 Å². The van der Waals surface area contributed by atoms with Crippen molar-refractivity contribution >= 4 is 11.3 Å². The van der Waals surface area contributed by atoms with Crippen molar-refractivity contribution in [2.45, 2.75) is 26.3 Å². The fourth-order valence-corrected chi connectivity index (χ4v) is 2.41. The van der Waals surface area contributed by atoms with Gasteiger partial charge in [0.2, 0.25) is 0 Å². The van der Waals surface area contributed by atoms with Crippen LogP contribution in [-0.2, 0) is 15.9 Å². The highest BCUT2D eigenvalue weighted by Gasteiger charge is 2.10. The van der Waals surface area contributed by atoms with Gasteiger partial charge >= 0.3 is 0 Å². The summed E-state index contributed by atoms with van der Waals surface area (Å²) in [5.74, 6) is 0. The first-order valence-corrected chi connectivity index (χ1v) is 6.85. The molecule has 98 valence electrons. The Hall–Kier alpha value is -0.490. The molecular formula is C12H22N2O2S. The van der Waals surface area contributed by atoms with Gasteiger partial charge in [-0.2, -0.15) is 0 Å². The van der Waals surface area contributed by atoms with Crippen molar-refractivity contribution in [2.24, 2.45) is 0 Å². The molecule has 1 heterocycles. The summed E-state index contributed by atoms with van der Waals surface area (Å²) in [6.45, 7) is 7.08. The number of ether oxygens (including phenoxy) is 2. The summed E-state index contributed by atoms with van der Waals surface area (Å²) < 4.78 is 10.5. The molecule has 1 rings (SSSR count). The second-order valence-electron chi connectivity index (χ2n) is 3.91. The van der Waals surface area contributed by atoms with E-state index < -0.39 is 0 Å². The van der Waals surface area contributed by atoms with Crippen molar-refractivity contribution in [1.29, 1.82) is 0 Å². The smallest absolute Gasteiger partial charge is 0.0944 e. The van der Waals surface area contributed by atoms with Crippen LogP contribution in [0.25, 0.3) is 0 Å². The first-order chi connectivity index (χ1) is 8.26. The van der Waals surface area contributed by atoms with E-state index >= 15 is 0 Å². The molecule has 0 spiro atoms. The number of rotatable bonds is 9. The molecule has 1 aromatic heterocycles. The highest BCUT2D eigenvalue weighted by atomic mass is 32.1. The molecule has 0 aromatic carbocycles. The number of nitrogens with one attached hydrogen (secondary N) is 1. The average Bonchev–Trinajstić information content (AvgIpc) is 2.70. The lowest BCUT2D eigenvalue weighted by Gasteiger charge is -2.16. The zero-order valence-electron chi connectivity index (χ0n) is 10.9. The minimum absolute atomic E-state index is 0.336. The van der Waals surface area contributed by atoms with Gasteiger partial charge in [-0.25, -0.2) is 4.98 Å². The normalized spacial score (nSPS) is 12.9. The molecule has 17 heavy (non-hydrogen) atoms. The van der Waals surface area contributed by atoms with Crippen molar-refractivity contribution in [2.75, 3.05) is 33.5 Å². The topological polar surface area (TPSA) is 43.4 Å². The molecule has 1 unspecified atom stereocenters. The van der Waals surface area contributed by atoms with Crippen molar-refractivity contribution in [1.82, 2.24) is 10.3 Å². The summed E-state index contributed by atoms with van der Waals surface area (Å²) in [6.07, 6.45) is 0.930. The summed E-state index contributed by atoms with van der Waals surface area (Å²) in [6, 6.07) is 0.336. The lowest BCUT2D eigenvalue weighted by atomic mass is 10.2. The lowest BCUT2D eigenvalue weighted by molar-refractivity contribution is 0.0589. The monoisotopic (exact) mass is 258 g/mol. The minimum atomic E-state index is 0.336. The quantitative estimate of drug-likeness (QED) is 0.684. The number of thiazole rings is 1. The van der Waals surface area contributed by atoms with Gasteiger partial charge in [0.1, 0.15) is 0 Å². The maximum Gasteiger partial charge on any atom is 0.0944 e. The van der Waals surface area contributed by atoms with Crippen LogP contribution in [0.5, 0.6) is 0 Å². The van der Waals surface area contributed by atoms with E-state index in [0.717, 1.165) is 18.7 Å². The van der Waals surface area contributed by atoms with Gasteiger partial charge in [0.05, 0.1) is 24.8 Å². The minimum Gasteiger partial charge on any atom is -0.382 e. The zero-order valence-corrected chi connectivity index (χ0v) is 11.7. The van der Waals surface area contributed by atoms with Crippen LogP contribution in [0.1, 0.15) is 17.6 Å². The number of aromatic nitrogens is 1. The molecular weight excluding hydrogens is 236 g/mol. The van der Waals surface area contributed by atoms with Crippen LogP contribution >= 0.6 is 11.3 Å². The molecule has 0 aliphatic heterocycles. The fourth-order valence-electron chi connectivity index (χ4n) is 1.55. The predicted octanol–water partition coefficient (Wildman–Crippen LogP) is 1.64. The van der Waals surface area contributed by atoms with Gasteiger partial charge in [0, 0.05) is 30.6 Å². The van der Waals surface area contributed by atoms with Crippen LogP contribution in [0.15, 0.2) is 5.38 Å². The molecule has 1 N–H and O–H groups in total. The third-order valence-electron chi connectivity index (χ3n) is 2.33. The van der Waals surface area contributed by atoms with Crippen LogP contribution in [0.2, 0.25) is 0 Å². The van der Waals surface area contributed by atoms with Gasteiger partial charge in [0.15, 0.2) is 0 Å². The molecule has 0 fully saturated rings. The van der Waals surface area contributed by atoms with Crippen molar-refractivity contribution in [3.63, 3.8) is 0 Å². The molecule has 0 bridgehead atoms. The Labute approximate surface area is 107 Å². The first-order valence-electron chi connectivity index (χ1n) is 5.97. The standard InChI is InChI=1S/C12H22N2O2S/c1-4-13-11(8-16-6-5-15-3)7-12-14-10(2)9-17-12/h9,11,13H,4-8H2,1-3H3. The van der Waals surface area contributed by atoms with E-state index in [4.69, 9.17) is 9.47 Å². The molecule has 0 saturated heterocycles. The van der Waals surface area contributed by atoms with Gasteiger partial charge in [-0.1, -0.05) is 6.92 Å². The van der Waals surface area contributed by atoms with E-state index in [9.17, 15) is 0 Å². The predicted molar refractivity (Wildman–Crippen MR) is 70.7 cm³/mol. The maximum absolute atomic E-state index is 5.56. The van der Waals surface area contributed by atoms with Gasteiger partial charge in [-0.3, -0.25) is 0 Å². The third-order valence-corrected chi connectivity index (χ3v) is 3.32. The van der Waals surface area contributed by atoms with Crippen molar-refractivity contribution in [3.05, 3.63) is 16.1 Å². The van der Waals surface area contributed by atoms with E-state index in [2.05, 4.69) is 22.6 Å². The molecule has 0 amide bonds. The van der Waals surface area contributed by atoms with Gasteiger partial charge in [-0.15, -0.1) is 11.3 Å². The molecule has 0 radical (unpaired) electrons. The molecule has 1 aromatic rings. The molecule has 0 saturated carbocycles. The molecule has 0 aliphatic rings. The number of aryl methyl sites for hydroxylation is 1. The summed E-state index contributed by atoms with van der Waals surface area (Å²) in [5.41, 5.74) is 1.10. The third kappa shape index (κ3) is 6.12. The Bertz CT molecular complexity index is 304. The van der Waals surface area contributed by atoms with E-state index in [1.54, 1.807) is 18.4 Å². The van der Waals surface area contributed by atoms with E-state index in [-0.39, 0.29) is 0 Å². The highest BCUT2D eigenvalue weighted by molar-refractivity contribution is 7.09. The fraction of sp³-hybridized carbons (Fsp3) is 0.750. The first kappa shape index (κ1) is 14.6. The highest BCUT2D eigenvalue weighted by Crippen LogP contribution is 2.11. The summed E-state index contributed by atoms with van der Waals surface area (Å²) in [7, 11) is 1.68. The van der Waals surface area contributed by atoms with E-state index in [1.165, 1.54) is 5.01 Å². The Morgan fingerprint density at radius 1 is 1.47 bits per heavy atom. The van der Waals surface area contributed by atoms with Crippen LogP contribution < -0.4 is 5.32 Å². The number of methoxy groups -OCH3 is 1. The van der Waals surface area contributed by atoms with Crippen LogP contribution in [0, 0.1) is 6.92 Å². The Morgan fingerprint density at radius 3 is 2.88 bits per heavy atom. The van der Waals surface area contributed by atoms with Gasteiger partial charge in [0.25, 0.3) is 0 Å². The summed E-state index contributed by atoms with van der Waals surface area (Å²) in [5, 5.41) is 6.68. The largest absolute Gasteiger partial charge is 0.382 e. The second kappa shape index (κ2) is 8.58. The Kier molecular flexibility index (Phi) is 7.35. The van der Waals surface area contributed by atoms with Crippen molar-refractivity contribution < 1.29 is 9.47 Å². The molecule has 0 aliphatic carbocycles. The summed E-state index contributed by atoms with van der Waals surface area (Å²) in [4.78, 5) is 4.48. The maximum atomic E-state index is 5.56. The van der Waals surface area contributed by atoms with Gasteiger partial charge < -0.3 is 14.8 Å². The number of hydrogen-bond donors (Lipinski definition) is 1. The molecule has 1 atom stereocenters. The Morgan fingerprint density at radius 2 is 2.29 bits per heavy atom. The number of nitrogens with zero attached hydrogens (tertiary/aromatic N) is 1. The van der Waals surface area contributed by atoms with Crippen LogP contribution in [0.4, 0.5) is 0 Å². The van der Waals surface area contributed by atoms with E-state index in [0.29, 0.717) is 25.9 Å². The number of likely N-dealkylation sites (N-methyl/N-ethyl adjacent to an activating group) is 1. The average molecular weight is 258 g/mol. The Balaban J connectivity index is 2.32. The number of hydrogen-bond acceptors (Lipinski definition) is 5.